The topological polar surface area (TPSA) is 135 Å². The number of pyridine rings is 1. The number of nitrogens with one attached hydrogen (secondary N) is 1. The monoisotopic (exact) mass is 475 g/mol. The SMILES string of the molecule is Cc1c(NC2CCN(C(=O)c3ccncc3)CC2)nc(N2CCOCC2)nc1-c1cnc(N)nc1. The Bertz CT molecular complexity index is 1160. The summed E-state index contributed by atoms with van der Waals surface area (Å²) in [5.41, 5.74) is 8.84. The summed E-state index contributed by atoms with van der Waals surface area (Å²) in [6, 6.07) is 3.71. The van der Waals surface area contributed by atoms with Gasteiger partial charge in [0.1, 0.15) is 5.82 Å². The summed E-state index contributed by atoms with van der Waals surface area (Å²) >= 11 is 0. The molecule has 0 unspecified atom stereocenters. The molecule has 3 aromatic heterocycles. The van der Waals surface area contributed by atoms with Crippen LogP contribution >= 0.6 is 0 Å². The van der Waals surface area contributed by atoms with Crippen molar-refractivity contribution in [2.75, 3.05) is 55.3 Å². The number of morpholine rings is 1. The zero-order valence-electron chi connectivity index (χ0n) is 19.7. The minimum atomic E-state index is 0.0457. The van der Waals surface area contributed by atoms with Crippen molar-refractivity contribution in [3.63, 3.8) is 0 Å². The third-order valence-electron chi connectivity index (χ3n) is 6.42. The molecule has 3 N–H and O–H groups in total. The van der Waals surface area contributed by atoms with Gasteiger partial charge in [-0.3, -0.25) is 9.78 Å². The van der Waals surface area contributed by atoms with E-state index in [1.807, 2.05) is 11.8 Å². The predicted octanol–water partition coefficient (Wildman–Crippen LogP) is 1.77. The van der Waals surface area contributed by atoms with Crippen LogP contribution in [0.4, 0.5) is 17.7 Å². The second-order valence-electron chi connectivity index (χ2n) is 8.72. The molecule has 35 heavy (non-hydrogen) atoms. The molecule has 0 atom stereocenters. The molecule has 0 saturated carbocycles. The zero-order chi connectivity index (χ0) is 24.2. The van der Waals surface area contributed by atoms with Crippen LogP contribution in [0.2, 0.25) is 0 Å². The number of aromatic nitrogens is 5. The van der Waals surface area contributed by atoms with Crippen molar-refractivity contribution in [3.8, 4) is 11.3 Å². The quantitative estimate of drug-likeness (QED) is 0.562. The van der Waals surface area contributed by atoms with Crippen LogP contribution in [0.25, 0.3) is 11.3 Å². The molecule has 182 valence electrons. The molecule has 2 fully saturated rings. The number of nitrogen functional groups attached to an aromatic ring is 1. The van der Waals surface area contributed by atoms with Crippen LogP contribution in [-0.2, 0) is 4.74 Å². The number of anilines is 3. The molecule has 11 heteroatoms. The number of rotatable bonds is 5. The lowest BCUT2D eigenvalue weighted by Crippen LogP contribution is -2.42. The fraction of sp³-hybridized carbons (Fsp3) is 0.417. The first-order valence-corrected chi connectivity index (χ1v) is 11.8. The molecule has 0 spiro atoms. The fourth-order valence-corrected chi connectivity index (χ4v) is 4.39. The van der Waals surface area contributed by atoms with Crippen LogP contribution in [0.3, 0.4) is 0 Å². The van der Waals surface area contributed by atoms with Gasteiger partial charge in [-0.1, -0.05) is 0 Å². The smallest absolute Gasteiger partial charge is 0.253 e. The predicted molar refractivity (Wildman–Crippen MR) is 132 cm³/mol. The van der Waals surface area contributed by atoms with Crippen LogP contribution < -0.4 is 16.0 Å². The largest absolute Gasteiger partial charge is 0.378 e. The molecule has 0 radical (unpaired) electrons. The molecule has 2 saturated heterocycles. The van der Waals surface area contributed by atoms with Crippen molar-refractivity contribution in [2.24, 2.45) is 0 Å². The van der Waals surface area contributed by atoms with E-state index in [2.05, 4.69) is 25.2 Å². The number of nitrogens with zero attached hydrogens (tertiary/aromatic N) is 7. The van der Waals surface area contributed by atoms with Gasteiger partial charge in [-0.25, -0.2) is 15.0 Å². The van der Waals surface area contributed by atoms with Crippen molar-refractivity contribution < 1.29 is 9.53 Å². The van der Waals surface area contributed by atoms with E-state index < -0.39 is 0 Å². The van der Waals surface area contributed by atoms with Crippen molar-refractivity contribution >= 4 is 23.6 Å². The van der Waals surface area contributed by atoms with Gasteiger partial charge in [0.05, 0.1) is 18.9 Å². The number of piperidine rings is 1. The average molecular weight is 476 g/mol. The molecule has 1 amide bonds. The Balaban J connectivity index is 1.35. The van der Waals surface area contributed by atoms with E-state index in [9.17, 15) is 4.79 Å². The van der Waals surface area contributed by atoms with Gasteiger partial charge in [-0.05, 0) is 31.9 Å². The third kappa shape index (κ3) is 5.14. The fourth-order valence-electron chi connectivity index (χ4n) is 4.39. The van der Waals surface area contributed by atoms with Crippen molar-refractivity contribution in [2.45, 2.75) is 25.8 Å². The van der Waals surface area contributed by atoms with Gasteiger partial charge >= 0.3 is 0 Å². The Labute approximate surface area is 203 Å². The van der Waals surface area contributed by atoms with Gasteiger partial charge in [0.2, 0.25) is 11.9 Å². The van der Waals surface area contributed by atoms with Crippen LogP contribution in [-0.4, -0.2) is 81.2 Å². The third-order valence-corrected chi connectivity index (χ3v) is 6.42. The van der Waals surface area contributed by atoms with Crippen LogP contribution in [0.5, 0.6) is 0 Å². The summed E-state index contributed by atoms with van der Waals surface area (Å²) in [7, 11) is 0. The molecule has 2 aliphatic rings. The van der Waals surface area contributed by atoms with Crippen LogP contribution in [0, 0.1) is 6.92 Å². The number of nitrogens with two attached hydrogens (primary N) is 1. The van der Waals surface area contributed by atoms with Crippen LogP contribution in [0.15, 0.2) is 36.9 Å². The van der Waals surface area contributed by atoms with E-state index in [-0.39, 0.29) is 17.9 Å². The highest BCUT2D eigenvalue weighted by Gasteiger charge is 2.26. The van der Waals surface area contributed by atoms with E-state index in [1.54, 1.807) is 36.9 Å². The lowest BCUT2D eigenvalue weighted by atomic mass is 10.0. The molecular formula is C24H29N9O2. The lowest BCUT2D eigenvalue weighted by molar-refractivity contribution is 0.0718. The maximum Gasteiger partial charge on any atom is 0.253 e. The highest BCUT2D eigenvalue weighted by atomic mass is 16.5. The molecule has 5 rings (SSSR count). The second-order valence-corrected chi connectivity index (χ2v) is 8.72. The number of carbonyl (C=O) groups excluding carboxylic acids is 1. The highest BCUT2D eigenvalue weighted by molar-refractivity contribution is 5.94. The Kier molecular flexibility index (Phi) is 6.66. The summed E-state index contributed by atoms with van der Waals surface area (Å²) in [4.78, 5) is 38.9. The van der Waals surface area contributed by atoms with Gasteiger partial charge in [-0.15, -0.1) is 0 Å². The normalized spacial score (nSPS) is 16.8. The minimum absolute atomic E-state index is 0.0457. The first-order valence-electron chi connectivity index (χ1n) is 11.8. The Morgan fingerprint density at radius 1 is 1.06 bits per heavy atom. The van der Waals surface area contributed by atoms with E-state index in [0.717, 1.165) is 48.6 Å². The first-order chi connectivity index (χ1) is 17.1. The maximum atomic E-state index is 12.8. The Morgan fingerprint density at radius 2 is 1.74 bits per heavy atom. The van der Waals surface area contributed by atoms with Crippen molar-refractivity contribution in [1.82, 2.24) is 29.8 Å². The number of hydrogen-bond donors (Lipinski definition) is 2. The molecule has 0 aromatic carbocycles. The number of amides is 1. The van der Waals surface area contributed by atoms with Gasteiger partial charge in [-0.2, -0.15) is 4.98 Å². The molecule has 3 aromatic rings. The molecule has 0 aliphatic carbocycles. The summed E-state index contributed by atoms with van der Waals surface area (Å²) in [6.45, 7) is 6.11. The number of hydrogen-bond acceptors (Lipinski definition) is 10. The van der Waals surface area contributed by atoms with Gasteiger partial charge < -0.3 is 25.6 Å². The highest BCUT2D eigenvalue weighted by Crippen LogP contribution is 2.29. The van der Waals surface area contributed by atoms with Crippen LogP contribution in [0.1, 0.15) is 28.8 Å². The Morgan fingerprint density at radius 3 is 2.43 bits per heavy atom. The Hall–Kier alpha value is -3.86. The number of carbonyl (C=O) groups is 1. The minimum Gasteiger partial charge on any atom is -0.378 e. The molecule has 11 nitrogen and oxygen atoms in total. The van der Waals surface area contributed by atoms with E-state index in [4.69, 9.17) is 20.4 Å². The van der Waals surface area contributed by atoms with Gasteiger partial charge in [0.25, 0.3) is 5.91 Å². The van der Waals surface area contributed by atoms with Crippen molar-refractivity contribution in [1.29, 1.82) is 0 Å². The summed E-state index contributed by atoms with van der Waals surface area (Å²) < 4.78 is 5.50. The summed E-state index contributed by atoms with van der Waals surface area (Å²) in [5, 5.41) is 3.63. The van der Waals surface area contributed by atoms with E-state index >= 15 is 0 Å². The lowest BCUT2D eigenvalue weighted by Gasteiger charge is -2.33. The standard InChI is InChI=1S/C24H29N9O2/c1-16-20(18-14-27-23(25)28-15-18)30-24(33-10-12-35-13-11-33)31-21(16)29-19-4-8-32(9-5-19)22(34)17-2-6-26-7-3-17/h2-3,6-7,14-15,19H,4-5,8-13H2,1H3,(H2,25,27,28)(H,29,30,31). The van der Waals surface area contributed by atoms with E-state index in [0.29, 0.717) is 37.8 Å². The summed E-state index contributed by atoms with van der Waals surface area (Å²) in [6.07, 6.45) is 8.33. The number of likely N-dealkylation sites (tertiary alicyclic amines) is 1. The first kappa shape index (κ1) is 22.9. The summed E-state index contributed by atoms with van der Waals surface area (Å²) in [5.74, 6) is 1.70. The average Bonchev–Trinajstić information content (AvgIpc) is 2.91. The van der Waals surface area contributed by atoms with Crippen molar-refractivity contribution in [3.05, 3.63) is 48.0 Å². The maximum absolute atomic E-state index is 12.8. The number of ether oxygens (including phenoxy) is 1. The molecule has 0 bridgehead atoms. The second kappa shape index (κ2) is 10.2. The van der Waals surface area contributed by atoms with Gasteiger partial charge in [0, 0.05) is 73.7 Å². The van der Waals surface area contributed by atoms with Gasteiger partial charge in [0.15, 0.2) is 0 Å². The van der Waals surface area contributed by atoms with E-state index in [1.165, 1.54) is 0 Å². The zero-order valence-corrected chi connectivity index (χ0v) is 19.7. The molecule has 2 aliphatic heterocycles. The molecule has 5 heterocycles. The molecular weight excluding hydrogens is 446 g/mol.